The molecule has 0 aliphatic rings. The lowest BCUT2D eigenvalue weighted by Crippen LogP contribution is -2.32. The lowest BCUT2D eigenvalue weighted by molar-refractivity contribution is -0.118. The number of methoxy groups -OCH3 is 1. The smallest absolute Gasteiger partial charge is 0.235 e. The molecule has 0 saturated carbocycles. The molecule has 0 unspecified atom stereocenters. The van der Waals surface area contributed by atoms with E-state index in [4.69, 9.17) is 10.5 Å². The van der Waals surface area contributed by atoms with Gasteiger partial charge < -0.3 is 15.8 Å². The van der Waals surface area contributed by atoms with Gasteiger partial charge in [0, 0.05) is 26.5 Å². The van der Waals surface area contributed by atoms with Gasteiger partial charge in [-0.15, -0.1) is 0 Å². The summed E-state index contributed by atoms with van der Waals surface area (Å²) in [6.45, 7) is 0.861. The van der Waals surface area contributed by atoms with Crippen LogP contribution in [0.1, 0.15) is 6.42 Å². The highest BCUT2D eigenvalue weighted by molar-refractivity contribution is 7.92. The Morgan fingerprint density at radius 2 is 2.26 bits per heavy atom. The second-order valence-corrected chi connectivity index (χ2v) is 5.76. The fraction of sp³-hybridized carbons (Fsp3) is 0.455. The topological polar surface area (TPSA) is 111 Å². The van der Waals surface area contributed by atoms with Gasteiger partial charge in [0.1, 0.15) is 5.75 Å². The molecule has 0 bridgehead atoms. The van der Waals surface area contributed by atoms with Crippen molar-refractivity contribution in [3.63, 3.8) is 0 Å². The zero-order valence-corrected chi connectivity index (χ0v) is 11.4. The number of nitrogens with two attached hydrogens (primary N) is 1. The molecule has 0 radical (unpaired) electrons. The number of rotatable bonds is 7. The minimum atomic E-state index is -3.81. The summed E-state index contributed by atoms with van der Waals surface area (Å²) in [7, 11) is -2.26. The maximum absolute atomic E-state index is 11.9. The molecule has 1 amide bonds. The molecule has 1 aromatic rings. The van der Waals surface area contributed by atoms with Crippen LogP contribution < -0.4 is 11.1 Å². The van der Waals surface area contributed by atoms with Crippen molar-refractivity contribution in [2.45, 2.75) is 11.4 Å². The van der Waals surface area contributed by atoms with Crippen LogP contribution in [0.15, 0.2) is 23.4 Å². The van der Waals surface area contributed by atoms with Crippen LogP contribution in [0.3, 0.4) is 0 Å². The third kappa shape index (κ3) is 4.84. The Hall–Kier alpha value is -1.67. The summed E-state index contributed by atoms with van der Waals surface area (Å²) in [5.74, 6) is -1.25. The van der Waals surface area contributed by atoms with Crippen molar-refractivity contribution < 1.29 is 17.9 Å². The van der Waals surface area contributed by atoms with Gasteiger partial charge in [-0.1, -0.05) is 0 Å². The van der Waals surface area contributed by atoms with Crippen LogP contribution in [0.4, 0.5) is 5.69 Å². The summed E-state index contributed by atoms with van der Waals surface area (Å²) in [5, 5.41) is 2.23. The lowest BCUT2D eigenvalue weighted by Gasteiger charge is -2.07. The second-order valence-electron chi connectivity index (χ2n) is 3.85. The predicted octanol–water partition coefficient (Wildman–Crippen LogP) is -0.410. The number of nitrogens with one attached hydrogen (secondary N) is 1. The Bertz CT molecular complexity index is 530. The number of hydrogen-bond donors (Lipinski definition) is 2. The van der Waals surface area contributed by atoms with Crippen molar-refractivity contribution in [3.8, 4) is 0 Å². The van der Waals surface area contributed by atoms with Gasteiger partial charge in [-0.2, -0.15) is 0 Å². The van der Waals surface area contributed by atoms with Gasteiger partial charge in [0.05, 0.1) is 5.69 Å². The zero-order valence-electron chi connectivity index (χ0n) is 10.6. The maximum atomic E-state index is 11.9. The van der Waals surface area contributed by atoms with Crippen LogP contribution in [0.2, 0.25) is 0 Å². The van der Waals surface area contributed by atoms with E-state index in [9.17, 15) is 13.2 Å². The number of nitrogens with zero attached hydrogens (tertiary/aromatic N) is 1. The van der Waals surface area contributed by atoms with E-state index >= 15 is 0 Å². The molecule has 0 atom stereocenters. The summed E-state index contributed by atoms with van der Waals surface area (Å²) in [6, 6.07) is 2.95. The van der Waals surface area contributed by atoms with Crippen LogP contribution in [0.5, 0.6) is 0 Å². The quantitative estimate of drug-likeness (QED) is 0.659. The number of pyridine rings is 1. The van der Waals surface area contributed by atoms with Gasteiger partial charge in [0.15, 0.2) is 5.03 Å². The Morgan fingerprint density at radius 1 is 1.53 bits per heavy atom. The van der Waals surface area contributed by atoms with E-state index in [0.717, 1.165) is 0 Å². The van der Waals surface area contributed by atoms with Crippen LogP contribution in [0.25, 0.3) is 0 Å². The van der Waals surface area contributed by atoms with Crippen LogP contribution >= 0.6 is 0 Å². The van der Waals surface area contributed by atoms with E-state index in [-0.39, 0.29) is 10.7 Å². The summed E-state index contributed by atoms with van der Waals surface area (Å²) < 4.78 is 28.7. The van der Waals surface area contributed by atoms with Gasteiger partial charge in [-0.3, -0.25) is 4.79 Å². The van der Waals surface area contributed by atoms with Crippen molar-refractivity contribution in [2.75, 3.05) is 31.7 Å². The van der Waals surface area contributed by atoms with E-state index in [1.54, 1.807) is 7.11 Å². The Labute approximate surface area is 112 Å². The fourth-order valence-corrected chi connectivity index (χ4v) is 2.63. The molecule has 0 saturated heterocycles. The first-order valence-electron chi connectivity index (χ1n) is 5.66. The van der Waals surface area contributed by atoms with Crippen LogP contribution in [-0.2, 0) is 19.4 Å². The molecule has 0 spiro atoms. The molecule has 19 heavy (non-hydrogen) atoms. The Morgan fingerprint density at radius 3 is 2.89 bits per heavy atom. The van der Waals surface area contributed by atoms with E-state index in [2.05, 4.69) is 10.3 Å². The van der Waals surface area contributed by atoms with Crippen LogP contribution in [-0.4, -0.2) is 45.3 Å². The first kappa shape index (κ1) is 15.4. The molecule has 0 aromatic carbocycles. The van der Waals surface area contributed by atoms with E-state index in [1.807, 2.05) is 0 Å². The average Bonchev–Trinajstić information content (AvgIpc) is 2.34. The van der Waals surface area contributed by atoms with Crippen molar-refractivity contribution in [3.05, 3.63) is 18.3 Å². The standard InChI is InChI=1S/C11H17N3O4S/c1-18-7-3-6-13-10(15)8-19(16,17)11-9(12)4-2-5-14-11/h2,4-5H,3,6-8,12H2,1H3,(H,13,15). The lowest BCUT2D eigenvalue weighted by atomic mass is 10.4. The third-order valence-corrected chi connectivity index (χ3v) is 3.84. The summed E-state index contributed by atoms with van der Waals surface area (Å²) >= 11 is 0. The molecule has 0 aliphatic heterocycles. The highest BCUT2D eigenvalue weighted by atomic mass is 32.2. The minimum absolute atomic E-state index is 0.0367. The molecule has 1 aromatic heterocycles. The molecule has 7 nitrogen and oxygen atoms in total. The van der Waals surface area contributed by atoms with Gasteiger partial charge in [0.2, 0.25) is 15.7 Å². The Kier molecular flexibility index (Phi) is 5.71. The van der Waals surface area contributed by atoms with E-state index in [0.29, 0.717) is 19.6 Å². The molecular formula is C11H17N3O4S. The predicted molar refractivity (Wildman–Crippen MR) is 70.2 cm³/mol. The average molecular weight is 287 g/mol. The first-order valence-corrected chi connectivity index (χ1v) is 7.31. The molecule has 0 aliphatic carbocycles. The third-order valence-electron chi connectivity index (χ3n) is 2.26. The van der Waals surface area contributed by atoms with Gasteiger partial charge >= 0.3 is 0 Å². The van der Waals surface area contributed by atoms with E-state index < -0.39 is 21.5 Å². The van der Waals surface area contributed by atoms with Crippen molar-refractivity contribution in [1.82, 2.24) is 10.3 Å². The number of ether oxygens (including phenoxy) is 1. The van der Waals surface area contributed by atoms with Crippen molar-refractivity contribution >= 4 is 21.4 Å². The number of carbonyl (C=O) groups is 1. The number of aromatic nitrogens is 1. The summed E-state index contributed by atoms with van der Waals surface area (Å²) in [4.78, 5) is 15.2. The normalized spacial score (nSPS) is 11.2. The SMILES string of the molecule is COCCCNC(=O)CS(=O)(=O)c1ncccc1N. The maximum Gasteiger partial charge on any atom is 0.235 e. The van der Waals surface area contributed by atoms with Gasteiger partial charge in [-0.25, -0.2) is 13.4 Å². The molecule has 8 heteroatoms. The Balaban J connectivity index is 2.60. The van der Waals surface area contributed by atoms with Crippen molar-refractivity contribution in [2.24, 2.45) is 0 Å². The molecular weight excluding hydrogens is 270 g/mol. The highest BCUT2D eigenvalue weighted by Gasteiger charge is 2.22. The fourth-order valence-electron chi connectivity index (χ4n) is 1.40. The molecule has 3 N–H and O–H groups in total. The minimum Gasteiger partial charge on any atom is -0.396 e. The number of amides is 1. The molecule has 106 valence electrons. The zero-order chi connectivity index (χ0) is 14.3. The summed E-state index contributed by atoms with van der Waals surface area (Å²) in [6.07, 6.45) is 1.94. The number of anilines is 1. The summed E-state index contributed by atoms with van der Waals surface area (Å²) in [5.41, 5.74) is 5.57. The van der Waals surface area contributed by atoms with Gasteiger partial charge in [-0.05, 0) is 18.6 Å². The number of carbonyl (C=O) groups excluding carboxylic acids is 1. The number of nitrogen functional groups attached to an aromatic ring is 1. The monoisotopic (exact) mass is 287 g/mol. The van der Waals surface area contributed by atoms with Gasteiger partial charge in [0.25, 0.3) is 0 Å². The number of hydrogen-bond acceptors (Lipinski definition) is 6. The largest absolute Gasteiger partial charge is 0.396 e. The number of sulfone groups is 1. The molecule has 1 rings (SSSR count). The highest BCUT2D eigenvalue weighted by Crippen LogP contribution is 2.15. The molecule has 0 fully saturated rings. The van der Waals surface area contributed by atoms with E-state index in [1.165, 1.54) is 18.3 Å². The van der Waals surface area contributed by atoms with Crippen molar-refractivity contribution in [1.29, 1.82) is 0 Å². The molecule has 1 heterocycles. The van der Waals surface area contributed by atoms with Crippen LogP contribution in [0, 0.1) is 0 Å². The first-order chi connectivity index (χ1) is 8.97. The second kappa shape index (κ2) is 7.05.